The molecule has 3 nitrogen and oxygen atoms in total. The zero-order valence-corrected chi connectivity index (χ0v) is 9.52. The quantitative estimate of drug-likeness (QED) is 0.814. The number of hydrogen-bond acceptors (Lipinski definition) is 3. The molecule has 0 amide bonds. The lowest BCUT2D eigenvalue weighted by molar-refractivity contribution is 0.0947. The fourth-order valence-corrected chi connectivity index (χ4v) is 2.22. The van der Waals surface area contributed by atoms with Crippen LogP contribution in [0.4, 0.5) is 0 Å². The first-order chi connectivity index (χ1) is 8.34. The Kier molecular flexibility index (Phi) is 2.61. The van der Waals surface area contributed by atoms with Crippen LogP contribution in [0.3, 0.4) is 0 Å². The number of benzene rings is 1. The molecule has 1 aromatic heterocycles. The fourth-order valence-electron chi connectivity index (χ4n) is 2.22. The second-order valence-electron chi connectivity index (χ2n) is 4.55. The molecule has 2 heterocycles. The Morgan fingerprint density at radius 1 is 1.35 bits per heavy atom. The molecule has 0 spiro atoms. The number of ketones is 1. The summed E-state index contributed by atoms with van der Waals surface area (Å²) in [7, 11) is 0. The molecule has 1 N–H and O–H groups in total. The topological polar surface area (TPSA) is 42.0 Å². The minimum absolute atomic E-state index is 0.232. The van der Waals surface area contributed by atoms with Gasteiger partial charge in [0.25, 0.3) is 0 Å². The molecule has 1 aliphatic heterocycles. The monoisotopic (exact) mass is 226 g/mol. The largest absolute Gasteiger partial charge is 0.316 e. The van der Waals surface area contributed by atoms with Crippen LogP contribution in [-0.4, -0.2) is 23.9 Å². The number of nitrogens with zero attached hydrogens (tertiary/aromatic N) is 1. The SMILES string of the molecule is O=C(CC1CNC1)c1cccc2ccncc12. The molecule has 1 aromatic carbocycles. The van der Waals surface area contributed by atoms with Gasteiger partial charge in [-0.3, -0.25) is 9.78 Å². The molecule has 1 fully saturated rings. The van der Waals surface area contributed by atoms with E-state index in [-0.39, 0.29) is 5.78 Å². The van der Waals surface area contributed by atoms with Crippen LogP contribution in [0.5, 0.6) is 0 Å². The Hall–Kier alpha value is -1.74. The van der Waals surface area contributed by atoms with Crippen LogP contribution in [0.1, 0.15) is 16.8 Å². The van der Waals surface area contributed by atoms with Gasteiger partial charge in [-0.25, -0.2) is 0 Å². The molecule has 2 aromatic rings. The van der Waals surface area contributed by atoms with Crippen LogP contribution in [0.15, 0.2) is 36.7 Å². The highest BCUT2D eigenvalue weighted by atomic mass is 16.1. The number of aromatic nitrogens is 1. The number of nitrogens with one attached hydrogen (secondary N) is 1. The minimum Gasteiger partial charge on any atom is -0.316 e. The van der Waals surface area contributed by atoms with E-state index in [2.05, 4.69) is 10.3 Å². The maximum Gasteiger partial charge on any atom is 0.163 e. The Bertz CT molecular complexity index is 556. The highest BCUT2D eigenvalue weighted by molar-refractivity contribution is 6.07. The van der Waals surface area contributed by atoms with Gasteiger partial charge in [-0.05, 0) is 30.5 Å². The van der Waals surface area contributed by atoms with E-state index in [0.29, 0.717) is 12.3 Å². The maximum atomic E-state index is 12.2. The summed E-state index contributed by atoms with van der Waals surface area (Å²) < 4.78 is 0. The van der Waals surface area contributed by atoms with E-state index in [1.165, 1.54) is 0 Å². The number of carbonyl (C=O) groups is 1. The zero-order valence-electron chi connectivity index (χ0n) is 9.52. The average Bonchev–Trinajstić information content (AvgIpc) is 2.33. The van der Waals surface area contributed by atoms with Crippen molar-refractivity contribution >= 4 is 16.6 Å². The average molecular weight is 226 g/mol. The highest BCUT2D eigenvalue weighted by Gasteiger charge is 2.21. The summed E-state index contributed by atoms with van der Waals surface area (Å²) in [6.07, 6.45) is 4.18. The van der Waals surface area contributed by atoms with Gasteiger partial charge in [0, 0.05) is 29.8 Å². The normalized spacial score (nSPS) is 15.8. The van der Waals surface area contributed by atoms with Crippen LogP contribution >= 0.6 is 0 Å². The van der Waals surface area contributed by atoms with Gasteiger partial charge in [-0.15, -0.1) is 0 Å². The molecule has 3 rings (SSSR count). The summed E-state index contributed by atoms with van der Waals surface area (Å²) in [5, 5.41) is 5.24. The Balaban J connectivity index is 1.95. The summed E-state index contributed by atoms with van der Waals surface area (Å²) in [5.74, 6) is 0.740. The predicted molar refractivity (Wildman–Crippen MR) is 67.1 cm³/mol. The molecule has 0 radical (unpaired) electrons. The number of carbonyl (C=O) groups excluding carboxylic acids is 1. The van der Waals surface area contributed by atoms with Gasteiger partial charge in [-0.2, -0.15) is 0 Å². The Labute approximate surface area is 99.9 Å². The highest BCUT2D eigenvalue weighted by Crippen LogP contribution is 2.21. The van der Waals surface area contributed by atoms with E-state index in [4.69, 9.17) is 0 Å². The van der Waals surface area contributed by atoms with Crippen LogP contribution in [0, 0.1) is 5.92 Å². The molecule has 17 heavy (non-hydrogen) atoms. The van der Waals surface area contributed by atoms with Gasteiger partial charge < -0.3 is 5.32 Å². The predicted octanol–water partition coefficient (Wildman–Crippen LogP) is 2.03. The van der Waals surface area contributed by atoms with Gasteiger partial charge in [0.05, 0.1) is 0 Å². The first-order valence-corrected chi connectivity index (χ1v) is 5.91. The molecule has 0 bridgehead atoms. The van der Waals surface area contributed by atoms with Crippen molar-refractivity contribution in [1.29, 1.82) is 0 Å². The standard InChI is InChI=1S/C14H14N2O/c17-14(6-10-7-16-8-10)12-3-1-2-11-4-5-15-9-13(11)12/h1-5,9-10,16H,6-8H2. The fraction of sp³-hybridized carbons (Fsp3) is 0.286. The van der Waals surface area contributed by atoms with Gasteiger partial charge in [0.2, 0.25) is 0 Å². The lowest BCUT2D eigenvalue weighted by atomic mass is 9.92. The van der Waals surface area contributed by atoms with Crippen LogP contribution in [0.2, 0.25) is 0 Å². The Morgan fingerprint density at radius 3 is 3.00 bits per heavy atom. The molecule has 3 heteroatoms. The maximum absolute atomic E-state index is 12.2. The summed E-state index contributed by atoms with van der Waals surface area (Å²) >= 11 is 0. The van der Waals surface area contributed by atoms with Crippen LogP contribution < -0.4 is 5.32 Å². The van der Waals surface area contributed by atoms with E-state index in [9.17, 15) is 4.79 Å². The van der Waals surface area contributed by atoms with Crippen molar-refractivity contribution in [3.63, 3.8) is 0 Å². The van der Waals surface area contributed by atoms with Crippen molar-refractivity contribution in [2.75, 3.05) is 13.1 Å². The number of hydrogen-bond donors (Lipinski definition) is 1. The van der Waals surface area contributed by atoms with Gasteiger partial charge in [0.15, 0.2) is 5.78 Å². The Morgan fingerprint density at radius 2 is 2.24 bits per heavy atom. The van der Waals surface area contributed by atoms with E-state index < -0.39 is 0 Å². The first kappa shape index (κ1) is 10.4. The molecule has 86 valence electrons. The molecule has 0 saturated carbocycles. The van der Waals surface area contributed by atoms with Crippen LogP contribution in [0.25, 0.3) is 10.8 Å². The van der Waals surface area contributed by atoms with Crippen LogP contribution in [-0.2, 0) is 0 Å². The van der Waals surface area contributed by atoms with Crippen molar-refractivity contribution in [1.82, 2.24) is 10.3 Å². The second-order valence-corrected chi connectivity index (χ2v) is 4.55. The van der Waals surface area contributed by atoms with E-state index in [1.807, 2.05) is 24.3 Å². The van der Waals surface area contributed by atoms with Gasteiger partial charge in [0.1, 0.15) is 0 Å². The molecule has 0 aliphatic carbocycles. The van der Waals surface area contributed by atoms with E-state index in [0.717, 1.165) is 29.4 Å². The molecule has 1 saturated heterocycles. The van der Waals surface area contributed by atoms with Crippen molar-refractivity contribution in [2.24, 2.45) is 5.92 Å². The number of Topliss-reactive ketones (excluding diaryl/α,β-unsaturated/α-hetero) is 1. The number of pyridine rings is 1. The third-order valence-corrected chi connectivity index (χ3v) is 3.32. The molecule has 0 unspecified atom stereocenters. The summed E-state index contributed by atoms with van der Waals surface area (Å²) in [6.45, 7) is 1.93. The smallest absolute Gasteiger partial charge is 0.163 e. The van der Waals surface area contributed by atoms with E-state index in [1.54, 1.807) is 12.4 Å². The molecule has 0 atom stereocenters. The molecular weight excluding hydrogens is 212 g/mol. The third kappa shape index (κ3) is 1.94. The molecular formula is C14H14N2O. The summed E-state index contributed by atoms with van der Waals surface area (Å²) in [5.41, 5.74) is 0.808. The van der Waals surface area contributed by atoms with Crippen molar-refractivity contribution in [3.05, 3.63) is 42.2 Å². The summed E-state index contributed by atoms with van der Waals surface area (Å²) in [4.78, 5) is 16.3. The summed E-state index contributed by atoms with van der Waals surface area (Å²) in [6, 6.07) is 7.79. The number of rotatable bonds is 3. The van der Waals surface area contributed by atoms with Gasteiger partial charge >= 0.3 is 0 Å². The van der Waals surface area contributed by atoms with E-state index >= 15 is 0 Å². The van der Waals surface area contributed by atoms with Crippen molar-refractivity contribution in [2.45, 2.75) is 6.42 Å². The first-order valence-electron chi connectivity index (χ1n) is 5.91. The second kappa shape index (κ2) is 4.26. The zero-order chi connectivity index (χ0) is 11.7. The number of fused-ring (bicyclic) bond motifs is 1. The lowest BCUT2D eigenvalue weighted by Gasteiger charge is -2.26. The van der Waals surface area contributed by atoms with Crippen molar-refractivity contribution in [3.8, 4) is 0 Å². The third-order valence-electron chi connectivity index (χ3n) is 3.32. The van der Waals surface area contributed by atoms with Crippen molar-refractivity contribution < 1.29 is 4.79 Å². The lowest BCUT2D eigenvalue weighted by Crippen LogP contribution is -2.42. The minimum atomic E-state index is 0.232. The molecule has 1 aliphatic rings. The van der Waals surface area contributed by atoms with Gasteiger partial charge in [-0.1, -0.05) is 18.2 Å².